The summed E-state index contributed by atoms with van der Waals surface area (Å²) in [5.74, 6) is 1.18. The number of aryl methyl sites for hydroxylation is 1. The van der Waals surface area contributed by atoms with Gasteiger partial charge in [0.15, 0.2) is 0 Å². The van der Waals surface area contributed by atoms with Crippen molar-refractivity contribution >= 4 is 0 Å². The minimum absolute atomic E-state index is 0.375. The van der Waals surface area contributed by atoms with Crippen LogP contribution in [0.2, 0.25) is 0 Å². The summed E-state index contributed by atoms with van der Waals surface area (Å²) in [6.45, 7) is 3.15. The molecule has 0 bridgehead atoms. The summed E-state index contributed by atoms with van der Waals surface area (Å²) in [6.07, 6.45) is 10.5. The van der Waals surface area contributed by atoms with E-state index < -0.39 is 0 Å². The van der Waals surface area contributed by atoms with Crippen LogP contribution in [0.25, 0.3) is 0 Å². The van der Waals surface area contributed by atoms with E-state index in [-0.39, 0.29) is 0 Å². The Morgan fingerprint density at radius 1 is 1.60 bits per heavy atom. The molecule has 82 valence electrons. The number of hydrogen-bond donors (Lipinski definition) is 1. The molecule has 0 spiro atoms. The van der Waals surface area contributed by atoms with Gasteiger partial charge in [-0.3, -0.25) is 0 Å². The molecule has 1 atom stereocenters. The summed E-state index contributed by atoms with van der Waals surface area (Å²) in [6, 6.07) is 0.375. The number of aromatic nitrogens is 2. The van der Waals surface area contributed by atoms with Gasteiger partial charge >= 0.3 is 0 Å². The molecule has 0 saturated heterocycles. The van der Waals surface area contributed by atoms with E-state index in [2.05, 4.69) is 22.6 Å². The Hall–Kier alpha value is -1.09. The minimum atomic E-state index is 0.375. The van der Waals surface area contributed by atoms with E-state index >= 15 is 0 Å². The number of rotatable bonds is 3. The molecule has 0 saturated carbocycles. The van der Waals surface area contributed by atoms with Crippen molar-refractivity contribution in [3.63, 3.8) is 0 Å². The first-order valence-electron chi connectivity index (χ1n) is 5.73. The van der Waals surface area contributed by atoms with E-state index in [0.717, 1.165) is 32.2 Å². The summed E-state index contributed by atoms with van der Waals surface area (Å²) < 4.78 is 2.20. The van der Waals surface area contributed by atoms with Crippen molar-refractivity contribution in [1.29, 1.82) is 0 Å². The first kappa shape index (κ1) is 10.4. The Kier molecular flexibility index (Phi) is 3.21. The largest absolute Gasteiger partial charge is 0.335 e. The van der Waals surface area contributed by atoms with Gasteiger partial charge in [0.25, 0.3) is 0 Å². The predicted octanol–water partition coefficient (Wildman–Crippen LogP) is 1.88. The molecule has 3 nitrogen and oxygen atoms in total. The van der Waals surface area contributed by atoms with Crippen LogP contribution >= 0.6 is 0 Å². The zero-order valence-corrected chi connectivity index (χ0v) is 9.32. The topological polar surface area (TPSA) is 43.8 Å². The molecule has 1 aliphatic carbocycles. The van der Waals surface area contributed by atoms with Gasteiger partial charge in [-0.25, -0.2) is 4.98 Å². The SMILES string of the molecule is CCn1ccnc1CC1=CCC(N)CC1. The summed E-state index contributed by atoms with van der Waals surface area (Å²) in [5, 5.41) is 0. The third kappa shape index (κ3) is 2.48. The lowest BCUT2D eigenvalue weighted by Crippen LogP contribution is -2.22. The summed E-state index contributed by atoms with van der Waals surface area (Å²) in [5.41, 5.74) is 7.36. The van der Waals surface area contributed by atoms with Gasteiger partial charge in [0.2, 0.25) is 0 Å². The normalized spacial score (nSPS) is 21.5. The van der Waals surface area contributed by atoms with Gasteiger partial charge in [0.1, 0.15) is 5.82 Å². The molecule has 2 N–H and O–H groups in total. The number of nitrogens with zero attached hydrogens (tertiary/aromatic N) is 2. The van der Waals surface area contributed by atoms with Gasteiger partial charge < -0.3 is 10.3 Å². The summed E-state index contributed by atoms with van der Waals surface area (Å²) >= 11 is 0. The first-order chi connectivity index (χ1) is 7.29. The molecular weight excluding hydrogens is 186 g/mol. The van der Waals surface area contributed by atoms with Gasteiger partial charge in [-0.15, -0.1) is 0 Å². The molecule has 1 aromatic heterocycles. The van der Waals surface area contributed by atoms with Crippen molar-refractivity contribution in [3.8, 4) is 0 Å². The second kappa shape index (κ2) is 4.62. The van der Waals surface area contributed by atoms with E-state index in [1.165, 1.54) is 11.4 Å². The van der Waals surface area contributed by atoms with Gasteiger partial charge in [-0.2, -0.15) is 0 Å². The van der Waals surface area contributed by atoms with Crippen LogP contribution in [0.4, 0.5) is 0 Å². The quantitative estimate of drug-likeness (QED) is 0.766. The number of hydrogen-bond acceptors (Lipinski definition) is 2. The maximum Gasteiger partial charge on any atom is 0.112 e. The molecule has 0 aliphatic heterocycles. The van der Waals surface area contributed by atoms with E-state index in [1.807, 2.05) is 12.4 Å². The van der Waals surface area contributed by atoms with Crippen molar-refractivity contribution in [2.24, 2.45) is 5.73 Å². The molecule has 0 radical (unpaired) electrons. The van der Waals surface area contributed by atoms with Gasteiger partial charge in [-0.1, -0.05) is 11.6 Å². The van der Waals surface area contributed by atoms with E-state index in [0.29, 0.717) is 6.04 Å². The minimum Gasteiger partial charge on any atom is -0.335 e. The van der Waals surface area contributed by atoms with E-state index in [4.69, 9.17) is 5.73 Å². The van der Waals surface area contributed by atoms with Crippen LogP contribution in [-0.4, -0.2) is 15.6 Å². The molecule has 15 heavy (non-hydrogen) atoms. The predicted molar refractivity (Wildman–Crippen MR) is 61.5 cm³/mol. The smallest absolute Gasteiger partial charge is 0.112 e. The molecule has 3 heteroatoms. The van der Waals surface area contributed by atoms with E-state index in [1.54, 1.807) is 0 Å². The molecule has 1 unspecified atom stereocenters. The van der Waals surface area contributed by atoms with Crippen LogP contribution in [0, 0.1) is 0 Å². The van der Waals surface area contributed by atoms with Crippen LogP contribution in [0.3, 0.4) is 0 Å². The molecule has 0 aromatic carbocycles. The number of imidazole rings is 1. The van der Waals surface area contributed by atoms with Crippen LogP contribution in [-0.2, 0) is 13.0 Å². The number of allylic oxidation sites excluding steroid dienone is 1. The molecular formula is C12H19N3. The average molecular weight is 205 g/mol. The zero-order chi connectivity index (χ0) is 10.7. The Balaban J connectivity index is 2.03. The molecule has 1 aromatic rings. The Morgan fingerprint density at radius 2 is 2.47 bits per heavy atom. The maximum absolute atomic E-state index is 5.86. The lowest BCUT2D eigenvalue weighted by atomic mass is 9.94. The lowest BCUT2D eigenvalue weighted by Gasteiger charge is -2.18. The second-order valence-electron chi connectivity index (χ2n) is 4.20. The monoisotopic (exact) mass is 205 g/mol. The highest BCUT2D eigenvalue weighted by Gasteiger charge is 2.12. The molecule has 1 aliphatic rings. The third-order valence-electron chi connectivity index (χ3n) is 3.07. The summed E-state index contributed by atoms with van der Waals surface area (Å²) in [4.78, 5) is 4.39. The lowest BCUT2D eigenvalue weighted by molar-refractivity contribution is 0.577. The van der Waals surface area contributed by atoms with Gasteiger partial charge in [0.05, 0.1) is 0 Å². The van der Waals surface area contributed by atoms with Crippen LogP contribution in [0.1, 0.15) is 32.0 Å². The fraction of sp³-hybridized carbons (Fsp3) is 0.583. The molecule has 0 amide bonds. The van der Waals surface area contributed by atoms with Crippen LogP contribution in [0.5, 0.6) is 0 Å². The molecule has 0 fully saturated rings. The Labute approximate surface area is 91.0 Å². The molecule has 1 heterocycles. The first-order valence-corrected chi connectivity index (χ1v) is 5.73. The third-order valence-corrected chi connectivity index (χ3v) is 3.07. The van der Waals surface area contributed by atoms with E-state index in [9.17, 15) is 0 Å². The fourth-order valence-electron chi connectivity index (χ4n) is 2.07. The molecule has 2 rings (SSSR count). The van der Waals surface area contributed by atoms with Crippen molar-refractivity contribution in [1.82, 2.24) is 9.55 Å². The van der Waals surface area contributed by atoms with Gasteiger partial charge in [-0.05, 0) is 26.2 Å². The standard InChI is InChI=1S/C12H19N3/c1-2-15-8-7-14-12(15)9-10-3-5-11(13)6-4-10/h3,7-8,11H,2,4-6,9,13H2,1H3. The Bertz CT molecular complexity index is 352. The fourth-order valence-corrected chi connectivity index (χ4v) is 2.07. The van der Waals surface area contributed by atoms with Crippen molar-refractivity contribution in [2.45, 2.75) is 45.2 Å². The average Bonchev–Trinajstić information content (AvgIpc) is 2.69. The van der Waals surface area contributed by atoms with Gasteiger partial charge in [0, 0.05) is 31.4 Å². The highest BCUT2D eigenvalue weighted by molar-refractivity contribution is 5.14. The summed E-state index contributed by atoms with van der Waals surface area (Å²) in [7, 11) is 0. The highest BCUT2D eigenvalue weighted by Crippen LogP contribution is 2.20. The zero-order valence-electron chi connectivity index (χ0n) is 9.32. The Morgan fingerprint density at radius 3 is 3.13 bits per heavy atom. The second-order valence-corrected chi connectivity index (χ2v) is 4.20. The highest BCUT2D eigenvalue weighted by atomic mass is 15.0. The number of nitrogens with two attached hydrogens (primary N) is 1. The van der Waals surface area contributed by atoms with Crippen LogP contribution < -0.4 is 5.73 Å². The van der Waals surface area contributed by atoms with Crippen molar-refractivity contribution in [3.05, 3.63) is 29.9 Å². The van der Waals surface area contributed by atoms with Crippen molar-refractivity contribution < 1.29 is 0 Å². The van der Waals surface area contributed by atoms with Crippen LogP contribution in [0.15, 0.2) is 24.0 Å². The van der Waals surface area contributed by atoms with Crippen molar-refractivity contribution in [2.75, 3.05) is 0 Å². The maximum atomic E-state index is 5.86.